The van der Waals surface area contributed by atoms with Crippen molar-refractivity contribution < 1.29 is 0 Å². The lowest BCUT2D eigenvalue weighted by Crippen LogP contribution is -2.06. The normalized spacial score (nSPS) is 10.3. The number of nitrogens with zero attached hydrogens (tertiary/aromatic N) is 2. The van der Waals surface area contributed by atoms with E-state index < -0.39 is 0 Å². The van der Waals surface area contributed by atoms with E-state index in [9.17, 15) is 0 Å². The first-order valence-corrected chi connectivity index (χ1v) is 7.15. The van der Waals surface area contributed by atoms with Gasteiger partial charge in [-0.05, 0) is 40.5 Å². The van der Waals surface area contributed by atoms with E-state index in [1.165, 1.54) is 0 Å². The van der Waals surface area contributed by atoms with E-state index in [1.54, 1.807) is 6.20 Å². The zero-order valence-electron chi connectivity index (χ0n) is 10.5. The van der Waals surface area contributed by atoms with Gasteiger partial charge in [0.1, 0.15) is 5.82 Å². The first kappa shape index (κ1) is 14.1. The zero-order valence-corrected chi connectivity index (χ0v) is 12.8. The summed E-state index contributed by atoms with van der Waals surface area (Å²) in [4.78, 5) is 8.61. The lowest BCUT2D eigenvalue weighted by Gasteiger charge is -2.10. The van der Waals surface area contributed by atoms with Crippen LogP contribution in [0.5, 0.6) is 0 Å². The van der Waals surface area contributed by atoms with Gasteiger partial charge in [0.25, 0.3) is 0 Å². The maximum Gasteiger partial charge on any atom is 0.224 e. The Kier molecular flexibility index (Phi) is 4.99. The van der Waals surface area contributed by atoms with Gasteiger partial charge in [0.05, 0.1) is 4.47 Å². The van der Waals surface area contributed by atoms with Gasteiger partial charge in [0, 0.05) is 23.5 Å². The van der Waals surface area contributed by atoms with E-state index in [4.69, 9.17) is 11.6 Å². The number of anilines is 3. The Bertz CT molecular complexity index is 562. The maximum absolute atomic E-state index is 5.95. The molecule has 0 saturated heterocycles. The van der Waals surface area contributed by atoms with Gasteiger partial charge in [0.2, 0.25) is 5.95 Å². The molecule has 0 atom stereocenters. The smallest absolute Gasteiger partial charge is 0.224 e. The molecule has 0 aliphatic heterocycles. The minimum Gasteiger partial charge on any atom is -0.354 e. The first-order valence-electron chi connectivity index (χ1n) is 5.98. The van der Waals surface area contributed by atoms with E-state index in [1.807, 2.05) is 24.3 Å². The molecule has 0 unspecified atom stereocenters. The summed E-state index contributed by atoms with van der Waals surface area (Å²) in [5, 5.41) is 7.04. The SMILES string of the molecule is CCCNc1ncc(Br)c(Nc2cccc(Cl)c2)n1. The summed E-state index contributed by atoms with van der Waals surface area (Å²) in [6.45, 7) is 2.94. The van der Waals surface area contributed by atoms with Crippen molar-refractivity contribution in [3.63, 3.8) is 0 Å². The Labute approximate surface area is 125 Å². The molecular weight excluding hydrogens is 328 g/mol. The third kappa shape index (κ3) is 4.08. The molecule has 1 aromatic carbocycles. The molecule has 2 N–H and O–H groups in total. The summed E-state index contributed by atoms with van der Waals surface area (Å²) in [5.41, 5.74) is 0.883. The van der Waals surface area contributed by atoms with Gasteiger partial charge in [0.15, 0.2) is 0 Å². The van der Waals surface area contributed by atoms with Crippen LogP contribution in [-0.4, -0.2) is 16.5 Å². The van der Waals surface area contributed by atoms with Gasteiger partial charge in [-0.1, -0.05) is 24.6 Å². The van der Waals surface area contributed by atoms with Crippen LogP contribution >= 0.6 is 27.5 Å². The molecule has 19 heavy (non-hydrogen) atoms. The average molecular weight is 342 g/mol. The topological polar surface area (TPSA) is 49.8 Å². The van der Waals surface area contributed by atoms with Crippen LogP contribution in [0.2, 0.25) is 5.02 Å². The molecule has 100 valence electrons. The maximum atomic E-state index is 5.95. The van der Waals surface area contributed by atoms with Gasteiger partial charge >= 0.3 is 0 Å². The van der Waals surface area contributed by atoms with E-state index in [2.05, 4.69) is 43.5 Å². The molecule has 6 heteroatoms. The highest BCUT2D eigenvalue weighted by Crippen LogP contribution is 2.25. The highest BCUT2D eigenvalue weighted by Gasteiger charge is 2.05. The van der Waals surface area contributed by atoms with Gasteiger partial charge in [-0.15, -0.1) is 0 Å². The number of rotatable bonds is 5. The number of hydrogen-bond acceptors (Lipinski definition) is 4. The monoisotopic (exact) mass is 340 g/mol. The number of halogens is 2. The minimum atomic E-state index is 0.606. The Morgan fingerprint density at radius 2 is 2.21 bits per heavy atom. The summed E-state index contributed by atoms with van der Waals surface area (Å²) in [6.07, 6.45) is 2.74. The predicted molar refractivity (Wildman–Crippen MR) is 83.2 cm³/mol. The Morgan fingerprint density at radius 1 is 1.37 bits per heavy atom. The van der Waals surface area contributed by atoms with E-state index in [0.29, 0.717) is 16.8 Å². The van der Waals surface area contributed by atoms with Crippen LogP contribution in [0.25, 0.3) is 0 Å². The van der Waals surface area contributed by atoms with Gasteiger partial charge < -0.3 is 10.6 Å². The molecule has 0 fully saturated rings. The first-order chi connectivity index (χ1) is 9.19. The van der Waals surface area contributed by atoms with Crippen LogP contribution < -0.4 is 10.6 Å². The standard InChI is InChI=1S/C13H14BrClN4/c1-2-6-16-13-17-8-11(14)12(19-13)18-10-5-3-4-9(15)7-10/h3-5,7-8H,2,6H2,1H3,(H2,16,17,18,19). The Hall–Kier alpha value is -1.33. The van der Waals surface area contributed by atoms with Crippen molar-refractivity contribution in [1.82, 2.24) is 9.97 Å². The fraction of sp³-hybridized carbons (Fsp3) is 0.231. The van der Waals surface area contributed by atoms with Crippen molar-refractivity contribution in [2.45, 2.75) is 13.3 Å². The van der Waals surface area contributed by atoms with Crippen LogP contribution in [-0.2, 0) is 0 Å². The largest absolute Gasteiger partial charge is 0.354 e. The number of nitrogens with one attached hydrogen (secondary N) is 2. The van der Waals surface area contributed by atoms with Crippen molar-refractivity contribution in [2.24, 2.45) is 0 Å². The van der Waals surface area contributed by atoms with E-state index >= 15 is 0 Å². The Morgan fingerprint density at radius 3 is 2.95 bits per heavy atom. The van der Waals surface area contributed by atoms with Gasteiger partial charge in [-0.2, -0.15) is 4.98 Å². The van der Waals surface area contributed by atoms with E-state index in [0.717, 1.165) is 23.1 Å². The fourth-order valence-corrected chi connectivity index (χ4v) is 1.96. The summed E-state index contributed by atoms with van der Waals surface area (Å²) >= 11 is 9.38. The minimum absolute atomic E-state index is 0.606. The van der Waals surface area contributed by atoms with Crippen molar-refractivity contribution in [1.29, 1.82) is 0 Å². The van der Waals surface area contributed by atoms with Crippen molar-refractivity contribution in [3.8, 4) is 0 Å². The third-order valence-electron chi connectivity index (χ3n) is 2.36. The van der Waals surface area contributed by atoms with Crippen molar-refractivity contribution >= 4 is 45.0 Å². The molecule has 0 amide bonds. The van der Waals surface area contributed by atoms with Crippen molar-refractivity contribution in [2.75, 3.05) is 17.2 Å². The average Bonchev–Trinajstić information content (AvgIpc) is 2.40. The second kappa shape index (κ2) is 6.73. The lowest BCUT2D eigenvalue weighted by molar-refractivity contribution is 0.952. The highest BCUT2D eigenvalue weighted by molar-refractivity contribution is 9.10. The van der Waals surface area contributed by atoms with Crippen LogP contribution in [0.4, 0.5) is 17.5 Å². The molecule has 2 aromatic rings. The molecule has 4 nitrogen and oxygen atoms in total. The highest BCUT2D eigenvalue weighted by atomic mass is 79.9. The lowest BCUT2D eigenvalue weighted by atomic mass is 10.3. The Balaban J connectivity index is 2.19. The summed E-state index contributed by atoms with van der Waals surface area (Å²) in [5.74, 6) is 1.31. The summed E-state index contributed by atoms with van der Waals surface area (Å²) in [7, 11) is 0. The number of hydrogen-bond donors (Lipinski definition) is 2. The molecule has 0 saturated carbocycles. The molecule has 1 aromatic heterocycles. The molecular formula is C13H14BrClN4. The molecule has 1 heterocycles. The van der Waals surface area contributed by atoms with Crippen LogP contribution in [0.3, 0.4) is 0 Å². The molecule has 0 radical (unpaired) electrons. The third-order valence-corrected chi connectivity index (χ3v) is 3.18. The predicted octanol–water partition coefficient (Wildman–Crippen LogP) is 4.46. The summed E-state index contributed by atoms with van der Waals surface area (Å²) < 4.78 is 0.800. The van der Waals surface area contributed by atoms with Gasteiger partial charge in [-0.25, -0.2) is 4.98 Å². The van der Waals surface area contributed by atoms with E-state index in [-0.39, 0.29) is 0 Å². The molecule has 0 aliphatic rings. The fourth-order valence-electron chi connectivity index (χ4n) is 1.48. The molecule has 0 bridgehead atoms. The van der Waals surface area contributed by atoms with Gasteiger partial charge in [-0.3, -0.25) is 0 Å². The molecule has 0 spiro atoms. The second-order valence-corrected chi connectivity index (χ2v) is 5.24. The summed E-state index contributed by atoms with van der Waals surface area (Å²) in [6, 6.07) is 7.49. The second-order valence-electron chi connectivity index (χ2n) is 3.95. The van der Waals surface area contributed by atoms with Crippen LogP contribution in [0.1, 0.15) is 13.3 Å². The molecule has 0 aliphatic carbocycles. The number of benzene rings is 1. The number of aromatic nitrogens is 2. The van der Waals surface area contributed by atoms with Crippen LogP contribution in [0.15, 0.2) is 34.9 Å². The van der Waals surface area contributed by atoms with Crippen molar-refractivity contribution in [3.05, 3.63) is 40.0 Å². The quantitative estimate of drug-likeness (QED) is 0.843. The van der Waals surface area contributed by atoms with Crippen LogP contribution in [0, 0.1) is 0 Å². The zero-order chi connectivity index (χ0) is 13.7. The molecule has 2 rings (SSSR count).